The van der Waals surface area contributed by atoms with E-state index in [1.807, 2.05) is 4.90 Å². The number of hydrogen-bond donors (Lipinski definition) is 1. The van der Waals surface area contributed by atoms with E-state index in [0.29, 0.717) is 30.8 Å². The molecule has 1 saturated heterocycles. The summed E-state index contributed by atoms with van der Waals surface area (Å²) in [5.41, 5.74) is 1.85. The first-order valence-corrected chi connectivity index (χ1v) is 10.8. The number of nitriles is 1. The van der Waals surface area contributed by atoms with Crippen LogP contribution in [-0.2, 0) is 11.3 Å². The van der Waals surface area contributed by atoms with Gasteiger partial charge in [-0.15, -0.1) is 0 Å². The Bertz CT molecular complexity index is 1270. The zero-order valence-electron chi connectivity index (χ0n) is 17.4. The third-order valence-corrected chi connectivity index (χ3v) is 6.28. The van der Waals surface area contributed by atoms with E-state index in [0.717, 1.165) is 24.8 Å². The molecule has 1 unspecified atom stereocenters. The lowest BCUT2D eigenvalue weighted by atomic mass is 10.0. The van der Waals surface area contributed by atoms with Crippen LogP contribution in [0, 0.1) is 29.0 Å². The fourth-order valence-corrected chi connectivity index (χ4v) is 4.33. The van der Waals surface area contributed by atoms with E-state index < -0.39 is 5.82 Å². The van der Waals surface area contributed by atoms with Crippen LogP contribution in [0.2, 0.25) is 0 Å². The van der Waals surface area contributed by atoms with Gasteiger partial charge in [-0.3, -0.25) is 9.36 Å². The lowest BCUT2D eigenvalue weighted by Crippen LogP contribution is -2.31. The van der Waals surface area contributed by atoms with Crippen molar-refractivity contribution in [1.29, 1.82) is 5.26 Å². The van der Waals surface area contributed by atoms with Crippen molar-refractivity contribution in [3.05, 3.63) is 64.3 Å². The number of rotatable bonds is 5. The smallest absolute Gasteiger partial charge is 0.342 e. The first-order chi connectivity index (χ1) is 15.5. The Morgan fingerprint density at radius 2 is 1.91 bits per heavy atom. The van der Waals surface area contributed by atoms with E-state index >= 15 is 4.39 Å². The van der Waals surface area contributed by atoms with Gasteiger partial charge in [-0.05, 0) is 60.6 Å². The molecule has 1 aromatic heterocycles. The average Bonchev–Trinajstić information content (AvgIpc) is 3.46. The Labute approximate surface area is 184 Å². The number of carbonyl (C=O) groups excluding carboxylic acids is 1. The number of hydrogen-bond acceptors (Lipinski definition) is 4. The van der Waals surface area contributed by atoms with Crippen LogP contribution >= 0.6 is 0 Å². The normalized spacial score (nSPS) is 18.0. The highest BCUT2D eigenvalue weighted by molar-refractivity contribution is 5.81. The van der Waals surface area contributed by atoms with Gasteiger partial charge in [0.05, 0.1) is 17.2 Å². The van der Waals surface area contributed by atoms with Crippen molar-refractivity contribution in [3.8, 4) is 28.6 Å². The molecule has 7 nitrogen and oxygen atoms in total. The maximum absolute atomic E-state index is 15.1. The second kappa shape index (κ2) is 8.08. The standard InChI is InChI=1S/C24H22FN5O2/c25-21-11-19(17-3-1-15(12-26)2-4-17)7-8-20(21)22-27-28-24(32)30(22)14-16-9-10-29(13-16)23(31)18-5-6-18/h1-4,7-8,11,16,18H,5-6,9-10,13-14H2,(H,28,32). The molecule has 2 aliphatic rings. The minimum Gasteiger partial charge on any atom is -0.342 e. The maximum atomic E-state index is 15.1. The Morgan fingerprint density at radius 3 is 2.59 bits per heavy atom. The largest absolute Gasteiger partial charge is 0.343 e. The molecular weight excluding hydrogens is 409 g/mol. The van der Waals surface area contributed by atoms with Gasteiger partial charge in [-0.1, -0.05) is 18.2 Å². The summed E-state index contributed by atoms with van der Waals surface area (Å²) in [6.45, 7) is 1.71. The Balaban J connectivity index is 1.37. The van der Waals surface area contributed by atoms with E-state index in [9.17, 15) is 9.59 Å². The number of H-pyrrole nitrogens is 1. The molecule has 2 heterocycles. The number of likely N-dealkylation sites (tertiary alicyclic amines) is 1. The molecule has 0 spiro atoms. The minimum absolute atomic E-state index is 0.132. The number of aromatic nitrogens is 3. The van der Waals surface area contributed by atoms with Crippen molar-refractivity contribution >= 4 is 5.91 Å². The molecule has 32 heavy (non-hydrogen) atoms. The number of nitrogens with one attached hydrogen (secondary N) is 1. The molecule has 0 bridgehead atoms. The first-order valence-electron chi connectivity index (χ1n) is 10.8. The minimum atomic E-state index is -0.482. The van der Waals surface area contributed by atoms with Gasteiger partial charge >= 0.3 is 5.69 Å². The first kappa shape index (κ1) is 20.2. The average molecular weight is 431 g/mol. The van der Waals surface area contributed by atoms with Crippen molar-refractivity contribution in [2.75, 3.05) is 13.1 Å². The van der Waals surface area contributed by atoms with Crippen LogP contribution < -0.4 is 5.69 Å². The summed E-state index contributed by atoms with van der Waals surface area (Å²) in [5, 5.41) is 15.4. The molecule has 5 rings (SSSR count). The van der Waals surface area contributed by atoms with Crippen LogP contribution in [0.3, 0.4) is 0 Å². The fraction of sp³-hybridized carbons (Fsp3) is 0.333. The molecule has 8 heteroatoms. The predicted octanol–water partition coefficient (Wildman–Crippen LogP) is 3.17. The summed E-state index contributed by atoms with van der Waals surface area (Å²) in [7, 11) is 0. The summed E-state index contributed by atoms with van der Waals surface area (Å²) in [5.74, 6) is 0.309. The van der Waals surface area contributed by atoms with Crippen molar-refractivity contribution in [2.45, 2.75) is 25.8 Å². The molecular formula is C24H22FN5O2. The molecule has 2 fully saturated rings. The number of nitrogens with zero attached hydrogens (tertiary/aromatic N) is 4. The molecule has 0 radical (unpaired) electrons. The Morgan fingerprint density at radius 1 is 1.16 bits per heavy atom. The van der Waals surface area contributed by atoms with Gasteiger partial charge < -0.3 is 4.90 Å². The second-order valence-corrected chi connectivity index (χ2v) is 8.56. The van der Waals surface area contributed by atoms with E-state index in [1.165, 1.54) is 10.6 Å². The van der Waals surface area contributed by atoms with Gasteiger partial charge in [0.25, 0.3) is 0 Å². The van der Waals surface area contributed by atoms with Crippen LogP contribution in [0.4, 0.5) is 4.39 Å². The zero-order chi connectivity index (χ0) is 22.2. The molecule has 1 amide bonds. The monoisotopic (exact) mass is 431 g/mol. The lowest BCUT2D eigenvalue weighted by molar-refractivity contribution is -0.131. The molecule has 1 saturated carbocycles. The van der Waals surface area contributed by atoms with Crippen LogP contribution in [0.15, 0.2) is 47.3 Å². The van der Waals surface area contributed by atoms with Crippen LogP contribution in [0.5, 0.6) is 0 Å². The lowest BCUT2D eigenvalue weighted by Gasteiger charge is -2.16. The Hall–Kier alpha value is -3.73. The number of aromatic amines is 1. The number of amides is 1. The van der Waals surface area contributed by atoms with E-state index in [1.54, 1.807) is 36.4 Å². The highest BCUT2D eigenvalue weighted by Gasteiger charge is 2.36. The molecule has 162 valence electrons. The molecule has 1 aliphatic carbocycles. The molecule has 1 N–H and O–H groups in total. The fourth-order valence-electron chi connectivity index (χ4n) is 4.33. The third kappa shape index (κ3) is 3.82. The summed E-state index contributed by atoms with van der Waals surface area (Å²) in [4.78, 5) is 26.6. The van der Waals surface area contributed by atoms with Gasteiger partial charge in [0.2, 0.25) is 5.91 Å². The Kier molecular flexibility index (Phi) is 5.10. The van der Waals surface area contributed by atoms with E-state index in [-0.39, 0.29) is 34.8 Å². The summed E-state index contributed by atoms with van der Waals surface area (Å²) in [6.07, 6.45) is 2.77. The van der Waals surface area contributed by atoms with E-state index in [2.05, 4.69) is 16.3 Å². The van der Waals surface area contributed by atoms with Gasteiger partial charge in [-0.25, -0.2) is 14.3 Å². The summed E-state index contributed by atoms with van der Waals surface area (Å²) < 4.78 is 16.5. The summed E-state index contributed by atoms with van der Waals surface area (Å²) in [6, 6.07) is 13.8. The quantitative estimate of drug-likeness (QED) is 0.671. The van der Waals surface area contributed by atoms with Crippen molar-refractivity contribution < 1.29 is 9.18 Å². The third-order valence-electron chi connectivity index (χ3n) is 6.28. The van der Waals surface area contributed by atoms with Gasteiger partial charge in [0.1, 0.15) is 5.82 Å². The van der Waals surface area contributed by atoms with Crippen molar-refractivity contribution in [1.82, 2.24) is 19.7 Å². The van der Waals surface area contributed by atoms with Gasteiger partial charge in [0.15, 0.2) is 5.82 Å². The van der Waals surface area contributed by atoms with Crippen LogP contribution in [0.25, 0.3) is 22.5 Å². The number of carbonyl (C=O) groups is 1. The number of benzene rings is 2. The topological polar surface area (TPSA) is 94.8 Å². The predicted molar refractivity (Wildman–Crippen MR) is 116 cm³/mol. The molecule has 1 atom stereocenters. The highest BCUT2D eigenvalue weighted by atomic mass is 19.1. The van der Waals surface area contributed by atoms with Crippen molar-refractivity contribution in [2.24, 2.45) is 11.8 Å². The highest BCUT2D eigenvalue weighted by Crippen LogP contribution is 2.33. The van der Waals surface area contributed by atoms with E-state index in [4.69, 9.17) is 5.26 Å². The van der Waals surface area contributed by atoms with Crippen LogP contribution in [-0.4, -0.2) is 38.7 Å². The molecule has 1 aliphatic heterocycles. The molecule has 3 aromatic rings. The number of halogens is 1. The SMILES string of the molecule is N#Cc1ccc(-c2ccc(-c3n[nH]c(=O)n3CC3CCN(C(=O)C4CC4)C3)c(F)c2)cc1. The van der Waals surface area contributed by atoms with Gasteiger partial charge in [-0.2, -0.15) is 10.4 Å². The maximum Gasteiger partial charge on any atom is 0.343 e. The second-order valence-electron chi connectivity index (χ2n) is 8.56. The summed E-state index contributed by atoms with van der Waals surface area (Å²) >= 11 is 0. The molecule has 2 aromatic carbocycles. The van der Waals surface area contributed by atoms with Crippen LogP contribution in [0.1, 0.15) is 24.8 Å². The zero-order valence-corrected chi connectivity index (χ0v) is 17.4. The van der Waals surface area contributed by atoms with Gasteiger partial charge in [0, 0.05) is 25.6 Å². The van der Waals surface area contributed by atoms with Crippen molar-refractivity contribution in [3.63, 3.8) is 0 Å².